The number of nitrogens with two attached hydrogens (primary N) is 2. The summed E-state index contributed by atoms with van der Waals surface area (Å²) in [6, 6.07) is 35.3. The number of nitrogen functional groups attached to an aromatic ring is 2. The smallest absolute Gasteiger partial charge is 0.0314 e. The normalized spacial score (nSPS) is 13.5. The van der Waals surface area contributed by atoms with Crippen LogP contribution < -0.4 is 11.5 Å². The van der Waals surface area contributed by atoms with E-state index in [4.69, 9.17) is 11.5 Å². The minimum absolute atomic E-state index is 0.359. The van der Waals surface area contributed by atoms with E-state index in [1.165, 1.54) is 78.3 Å². The average molecular weight is 547 g/mol. The zero-order valence-corrected chi connectivity index (χ0v) is 25.5. The Balaban J connectivity index is 1.41. The van der Waals surface area contributed by atoms with Crippen molar-refractivity contribution in [2.75, 3.05) is 11.5 Å². The molecule has 0 aliphatic rings. The van der Waals surface area contributed by atoms with Gasteiger partial charge in [0.1, 0.15) is 0 Å². The van der Waals surface area contributed by atoms with Crippen LogP contribution in [0, 0.1) is 5.92 Å². The first-order valence-electron chi connectivity index (χ1n) is 15.8. The second kappa shape index (κ2) is 15.5. The van der Waals surface area contributed by atoms with Crippen LogP contribution in [-0.2, 0) is 12.8 Å². The van der Waals surface area contributed by atoms with Gasteiger partial charge in [-0.2, -0.15) is 0 Å². The molecule has 4 N–H and O–H groups in total. The molecule has 0 heterocycles. The van der Waals surface area contributed by atoms with Crippen molar-refractivity contribution >= 4 is 11.4 Å². The molecule has 0 bridgehead atoms. The number of hydrogen-bond acceptors (Lipinski definition) is 2. The van der Waals surface area contributed by atoms with Gasteiger partial charge in [-0.25, -0.2) is 0 Å². The maximum atomic E-state index is 5.90. The number of rotatable bonds is 15. The molecule has 4 rings (SSSR count). The van der Waals surface area contributed by atoms with Gasteiger partial charge >= 0.3 is 0 Å². The summed E-state index contributed by atoms with van der Waals surface area (Å²) in [5.74, 6) is 1.37. The van der Waals surface area contributed by atoms with E-state index >= 15 is 0 Å². The van der Waals surface area contributed by atoms with Gasteiger partial charge in [-0.1, -0.05) is 132 Å². The van der Waals surface area contributed by atoms with E-state index in [0.29, 0.717) is 17.8 Å². The predicted molar refractivity (Wildman–Crippen MR) is 179 cm³/mol. The molecule has 4 aromatic rings. The second-order valence-corrected chi connectivity index (χ2v) is 12.1. The zero-order valence-electron chi connectivity index (χ0n) is 25.5. The molecule has 0 saturated heterocycles. The highest BCUT2D eigenvalue weighted by Crippen LogP contribution is 2.29. The van der Waals surface area contributed by atoms with E-state index in [2.05, 4.69) is 93.6 Å². The van der Waals surface area contributed by atoms with Crippen molar-refractivity contribution in [2.45, 2.75) is 90.4 Å². The molecule has 2 nitrogen and oxygen atoms in total. The van der Waals surface area contributed by atoms with Gasteiger partial charge in [-0.15, -0.1) is 0 Å². The van der Waals surface area contributed by atoms with Gasteiger partial charge < -0.3 is 11.5 Å². The number of benzene rings is 4. The Morgan fingerprint density at radius 1 is 0.463 bits per heavy atom. The van der Waals surface area contributed by atoms with Crippen molar-refractivity contribution in [1.82, 2.24) is 0 Å². The van der Waals surface area contributed by atoms with Crippen molar-refractivity contribution in [1.29, 1.82) is 0 Å². The molecule has 2 atom stereocenters. The molecule has 0 fully saturated rings. The molecular weight excluding hydrogens is 496 g/mol. The van der Waals surface area contributed by atoms with E-state index in [1.54, 1.807) is 0 Å². The first-order chi connectivity index (χ1) is 19.9. The lowest BCUT2D eigenvalue weighted by Crippen LogP contribution is -2.09. The minimum atomic E-state index is 0.359. The third kappa shape index (κ3) is 9.25. The lowest BCUT2D eigenvalue weighted by molar-refractivity contribution is 0.445. The van der Waals surface area contributed by atoms with Crippen LogP contribution in [0.1, 0.15) is 111 Å². The molecule has 0 radical (unpaired) electrons. The van der Waals surface area contributed by atoms with Gasteiger partial charge in [0, 0.05) is 23.2 Å². The highest BCUT2D eigenvalue weighted by atomic mass is 14.5. The Kier molecular flexibility index (Phi) is 11.5. The van der Waals surface area contributed by atoms with Crippen LogP contribution in [0.5, 0.6) is 0 Å². The molecule has 0 aliphatic carbocycles. The summed E-state index contributed by atoms with van der Waals surface area (Å²) in [4.78, 5) is 0. The minimum Gasteiger partial charge on any atom is -0.399 e. The van der Waals surface area contributed by atoms with Crippen molar-refractivity contribution in [3.63, 3.8) is 0 Å². The van der Waals surface area contributed by atoms with Crippen LogP contribution in [0.15, 0.2) is 97.1 Å². The van der Waals surface area contributed by atoms with Crippen LogP contribution >= 0.6 is 0 Å². The Bertz CT molecular complexity index is 1190. The summed E-state index contributed by atoms with van der Waals surface area (Å²) in [6.45, 7) is 6.85. The van der Waals surface area contributed by atoms with Crippen LogP contribution in [0.2, 0.25) is 0 Å². The summed E-state index contributed by atoms with van der Waals surface area (Å²) in [5.41, 5.74) is 21.7. The van der Waals surface area contributed by atoms with Gasteiger partial charge in [-0.3, -0.25) is 0 Å². The summed E-state index contributed by atoms with van der Waals surface area (Å²) in [6.07, 6.45) is 11.7. The first kappa shape index (κ1) is 30.4. The quantitative estimate of drug-likeness (QED) is 0.115. The van der Waals surface area contributed by atoms with Gasteiger partial charge in [-0.05, 0) is 82.8 Å². The van der Waals surface area contributed by atoms with Gasteiger partial charge in [0.15, 0.2) is 0 Å². The third-order valence-corrected chi connectivity index (χ3v) is 8.85. The Labute approximate surface area is 249 Å². The molecule has 0 aliphatic heterocycles. The maximum Gasteiger partial charge on any atom is 0.0314 e. The molecule has 0 amide bonds. The Morgan fingerprint density at radius 2 is 0.805 bits per heavy atom. The van der Waals surface area contributed by atoms with Crippen molar-refractivity contribution in [2.24, 2.45) is 5.92 Å². The fourth-order valence-corrected chi connectivity index (χ4v) is 6.00. The molecule has 4 aromatic carbocycles. The van der Waals surface area contributed by atoms with Gasteiger partial charge in [0.2, 0.25) is 0 Å². The monoisotopic (exact) mass is 546 g/mol. The van der Waals surface area contributed by atoms with Crippen LogP contribution in [0.25, 0.3) is 0 Å². The van der Waals surface area contributed by atoms with E-state index in [9.17, 15) is 0 Å². The van der Waals surface area contributed by atoms with E-state index in [0.717, 1.165) is 24.2 Å². The van der Waals surface area contributed by atoms with Crippen LogP contribution in [0.3, 0.4) is 0 Å². The van der Waals surface area contributed by atoms with Crippen molar-refractivity contribution in [3.8, 4) is 0 Å². The van der Waals surface area contributed by atoms with E-state index in [-0.39, 0.29) is 0 Å². The van der Waals surface area contributed by atoms with E-state index in [1.807, 2.05) is 24.3 Å². The second-order valence-electron chi connectivity index (χ2n) is 12.1. The molecular formula is C39H50N2. The maximum absolute atomic E-state index is 5.90. The fourth-order valence-electron chi connectivity index (χ4n) is 6.00. The number of hydrogen-bond donors (Lipinski definition) is 2. The Morgan fingerprint density at radius 3 is 1.20 bits per heavy atom. The SMILES string of the molecule is CCCCCCCCC(Cc1ccc(C(C)c2ccc(N)cc2)cc1)Cc1ccc(C(C)c2ccc(N)cc2)cc1. The van der Waals surface area contributed by atoms with E-state index < -0.39 is 0 Å². The summed E-state index contributed by atoms with van der Waals surface area (Å²) >= 11 is 0. The zero-order chi connectivity index (χ0) is 29.0. The highest BCUT2D eigenvalue weighted by Gasteiger charge is 2.14. The van der Waals surface area contributed by atoms with Gasteiger partial charge in [0.05, 0.1) is 0 Å². The lowest BCUT2D eigenvalue weighted by atomic mass is 9.86. The summed E-state index contributed by atoms with van der Waals surface area (Å²) < 4.78 is 0. The molecule has 0 saturated carbocycles. The molecule has 216 valence electrons. The number of anilines is 2. The number of unbranched alkanes of at least 4 members (excludes halogenated alkanes) is 5. The Hall–Kier alpha value is -3.52. The molecule has 0 aromatic heterocycles. The van der Waals surface area contributed by atoms with Crippen LogP contribution in [-0.4, -0.2) is 0 Å². The van der Waals surface area contributed by atoms with Crippen LogP contribution in [0.4, 0.5) is 11.4 Å². The topological polar surface area (TPSA) is 52.0 Å². The lowest BCUT2D eigenvalue weighted by Gasteiger charge is -2.19. The van der Waals surface area contributed by atoms with Crippen molar-refractivity contribution in [3.05, 3.63) is 130 Å². The highest BCUT2D eigenvalue weighted by molar-refractivity contribution is 5.44. The molecule has 0 spiro atoms. The summed E-state index contributed by atoms with van der Waals surface area (Å²) in [5, 5.41) is 0. The molecule has 2 unspecified atom stereocenters. The summed E-state index contributed by atoms with van der Waals surface area (Å²) in [7, 11) is 0. The third-order valence-electron chi connectivity index (χ3n) is 8.85. The molecule has 41 heavy (non-hydrogen) atoms. The predicted octanol–water partition coefficient (Wildman–Crippen LogP) is 10.3. The van der Waals surface area contributed by atoms with Crippen molar-refractivity contribution < 1.29 is 0 Å². The first-order valence-corrected chi connectivity index (χ1v) is 15.8. The fraction of sp³-hybridized carbons (Fsp3) is 0.385. The average Bonchev–Trinajstić information content (AvgIpc) is 2.99. The standard InChI is InChI=1S/C39H50N2/c1-4-5-6-7-8-9-10-33(27-31-11-15-34(16-12-31)29(2)36-19-23-38(40)24-20-36)28-32-13-17-35(18-14-32)30(3)37-21-25-39(41)26-22-37/h11-26,29-30,33H,4-10,27-28,40-41H2,1-3H3. The van der Waals surface area contributed by atoms with Gasteiger partial charge in [0.25, 0.3) is 0 Å². The molecule has 2 heteroatoms. The largest absolute Gasteiger partial charge is 0.399 e.